The van der Waals surface area contributed by atoms with Crippen LogP contribution in [0.4, 0.5) is 4.79 Å². The van der Waals surface area contributed by atoms with Crippen molar-refractivity contribution in [3.8, 4) is 0 Å². The van der Waals surface area contributed by atoms with Gasteiger partial charge < -0.3 is 45.3 Å². The summed E-state index contributed by atoms with van der Waals surface area (Å²) in [6.45, 7) is 13.2. The van der Waals surface area contributed by atoms with E-state index in [-0.39, 0.29) is 118 Å². The standard InChI is InChI=1S/C34H50N6O13S.C29H48O2/c1-4-6-27(45)35-14-21(41)9-11-29(47)39(18-31(49)52-2)16-23(43)7-5-8-24(44)17-40(19-32(50)53-3)30(48)12-10-22(42)15-36-28(46)13-26-33-25(20-54-26)37-34(51)38-33;1-19(2)8-7-9-20(3)25-12-13-26-24-11-10-22-18-23(31-21(4)30)14-16-28(22,5)27(24)15-17-29(25,26)6/h25-26,33H,4-20H2,1-3H3,(H,35,45)(H,36,46)(H2,37,38,51);10,19-20,23-27H,7-9,11-18H2,1-6H3/t25-,26-,33-;20-,23+,24+,25-,26+,27+,28+,29-/m01/s1. The Morgan fingerprint density at radius 1 is 0.694 bits per heavy atom. The zero-order chi connectivity index (χ0) is 62.6. The molecule has 0 spiro atoms. The smallest absolute Gasteiger partial charge is 0.325 e. The normalized spacial score (nSPS) is 26.4. The second kappa shape index (κ2) is 33.5. The van der Waals surface area contributed by atoms with E-state index in [1.807, 2.05) is 6.92 Å². The maximum Gasteiger partial charge on any atom is 0.325 e. The molecule has 5 fully saturated rings. The van der Waals surface area contributed by atoms with Gasteiger partial charge >= 0.3 is 23.9 Å². The molecule has 476 valence electrons. The van der Waals surface area contributed by atoms with Gasteiger partial charge in [0.2, 0.25) is 23.6 Å². The van der Waals surface area contributed by atoms with Gasteiger partial charge in [0.25, 0.3) is 0 Å². The predicted molar refractivity (Wildman–Crippen MR) is 319 cm³/mol. The Morgan fingerprint density at radius 3 is 1.86 bits per heavy atom. The topological polar surface area (TPSA) is 287 Å². The van der Waals surface area contributed by atoms with E-state index in [0.29, 0.717) is 23.0 Å². The number of carbonyl (C=O) groups is 12. The summed E-state index contributed by atoms with van der Waals surface area (Å²) in [5.41, 5.74) is 2.53. The molecule has 6 rings (SSSR count). The number of fused-ring (bicyclic) bond motifs is 6. The maximum atomic E-state index is 12.9. The number of nitrogens with zero attached hydrogens (tertiary/aromatic N) is 2. The van der Waals surface area contributed by atoms with Crippen LogP contribution in [-0.2, 0) is 67.0 Å². The van der Waals surface area contributed by atoms with Crippen molar-refractivity contribution in [2.45, 2.75) is 207 Å². The number of hydrogen-bond donors (Lipinski definition) is 4. The van der Waals surface area contributed by atoms with Crippen molar-refractivity contribution in [1.82, 2.24) is 31.1 Å². The van der Waals surface area contributed by atoms with Crippen molar-refractivity contribution in [3.05, 3.63) is 11.6 Å². The molecule has 22 heteroatoms. The van der Waals surface area contributed by atoms with Crippen LogP contribution in [0.1, 0.15) is 183 Å². The van der Waals surface area contributed by atoms with E-state index in [1.165, 1.54) is 57.8 Å². The second-order valence-electron chi connectivity index (χ2n) is 25.6. The molecule has 4 N–H and O–H groups in total. The van der Waals surface area contributed by atoms with Crippen LogP contribution < -0.4 is 21.3 Å². The summed E-state index contributed by atoms with van der Waals surface area (Å²) in [4.78, 5) is 148. The fraction of sp³-hybridized carbons (Fsp3) is 0.778. The number of ether oxygens (including phenoxy) is 3. The number of urea groups is 1. The monoisotopic (exact) mass is 1210 g/mol. The highest BCUT2D eigenvalue weighted by molar-refractivity contribution is 8.00. The molecule has 0 aromatic heterocycles. The molecule has 6 amide bonds. The number of methoxy groups -OCH3 is 2. The molecule has 4 aliphatic carbocycles. The van der Waals surface area contributed by atoms with E-state index in [1.54, 1.807) is 24.3 Å². The predicted octanol–water partition coefficient (Wildman–Crippen LogP) is 6.54. The Kier molecular flexibility index (Phi) is 27.6. The average Bonchev–Trinajstić information content (AvgIpc) is 1.77. The minimum absolute atomic E-state index is 0.0238. The number of Topliss-reactive ketones (excluding diaryl/α,β-unsaturated/α-hetero) is 4. The van der Waals surface area contributed by atoms with E-state index >= 15 is 0 Å². The zero-order valence-corrected chi connectivity index (χ0v) is 52.9. The highest BCUT2D eigenvalue weighted by atomic mass is 32.2. The highest BCUT2D eigenvalue weighted by Crippen LogP contribution is 2.67. The molecule has 85 heavy (non-hydrogen) atoms. The lowest BCUT2D eigenvalue weighted by molar-refractivity contribution is -0.149. The molecule has 2 heterocycles. The van der Waals surface area contributed by atoms with E-state index in [2.05, 4.69) is 71.4 Å². The van der Waals surface area contributed by atoms with Crippen LogP contribution in [0.2, 0.25) is 0 Å². The first-order chi connectivity index (χ1) is 40.3. The summed E-state index contributed by atoms with van der Waals surface area (Å²) in [7, 11) is 2.21. The fourth-order valence-corrected chi connectivity index (χ4v) is 16.0. The first-order valence-corrected chi connectivity index (χ1v) is 32.2. The van der Waals surface area contributed by atoms with Gasteiger partial charge in [0.15, 0.2) is 23.1 Å². The Hall–Kier alpha value is -5.67. The van der Waals surface area contributed by atoms with Crippen molar-refractivity contribution in [3.63, 3.8) is 0 Å². The molecule has 0 aromatic carbocycles. The van der Waals surface area contributed by atoms with Crippen molar-refractivity contribution >= 4 is 82.5 Å². The third-order valence-electron chi connectivity index (χ3n) is 19.0. The maximum absolute atomic E-state index is 12.9. The van der Waals surface area contributed by atoms with Crippen LogP contribution in [0.15, 0.2) is 11.6 Å². The lowest BCUT2D eigenvalue weighted by atomic mass is 9.47. The summed E-state index contributed by atoms with van der Waals surface area (Å²) < 4.78 is 14.8. The van der Waals surface area contributed by atoms with Crippen LogP contribution in [0.3, 0.4) is 0 Å². The fourth-order valence-electron chi connectivity index (χ4n) is 14.5. The zero-order valence-electron chi connectivity index (χ0n) is 52.1. The molecule has 3 saturated carbocycles. The van der Waals surface area contributed by atoms with Crippen molar-refractivity contribution in [2.24, 2.45) is 46.3 Å². The van der Waals surface area contributed by atoms with Gasteiger partial charge in [-0.05, 0) is 104 Å². The highest BCUT2D eigenvalue weighted by Gasteiger charge is 2.59. The number of rotatable bonds is 32. The largest absolute Gasteiger partial charge is 0.468 e. The summed E-state index contributed by atoms with van der Waals surface area (Å²) in [5.74, 6) is 0.418. The Morgan fingerprint density at radius 2 is 1.29 bits per heavy atom. The summed E-state index contributed by atoms with van der Waals surface area (Å²) in [6.07, 6.45) is 16.7. The summed E-state index contributed by atoms with van der Waals surface area (Å²) in [6, 6.07) is -0.524. The first-order valence-electron chi connectivity index (χ1n) is 31.1. The van der Waals surface area contributed by atoms with Crippen LogP contribution in [-0.4, -0.2) is 163 Å². The molecule has 6 aliphatic rings. The van der Waals surface area contributed by atoms with Crippen molar-refractivity contribution < 1.29 is 71.7 Å². The van der Waals surface area contributed by atoms with Gasteiger partial charge in [0, 0.05) is 75.7 Å². The van der Waals surface area contributed by atoms with Gasteiger partial charge in [-0.15, -0.1) is 0 Å². The van der Waals surface area contributed by atoms with Gasteiger partial charge in [-0.25, -0.2) is 4.79 Å². The summed E-state index contributed by atoms with van der Waals surface area (Å²) >= 11 is 1.54. The van der Waals surface area contributed by atoms with Gasteiger partial charge in [0.05, 0.1) is 52.5 Å². The number of amides is 6. The number of carbonyl (C=O) groups excluding carboxylic acids is 12. The number of hydrogen-bond acceptors (Lipinski definition) is 16. The molecule has 2 aliphatic heterocycles. The molecule has 0 bridgehead atoms. The van der Waals surface area contributed by atoms with Crippen LogP contribution in [0, 0.1) is 46.3 Å². The van der Waals surface area contributed by atoms with Crippen molar-refractivity contribution in [2.75, 3.05) is 59.2 Å². The van der Waals surface area contributed by atoms with E-state index in [0.717, 1.165) is 72.4 Å². The quantitative estimate of drug-likeness (QED) is 0.0241. The molecule has 0 unspecified atom stereocenters. The van der Waals surface area contributed by atoms with Gasteiger partial charge in [-0.1, -0.05) is 72.5 Å². The Labute approximate surface area is 507 Å². The van der Waals surface area contributed by atoms with Crippen LogP contribution in [0.25, 0.3) is 0 Å². The number of ketones is 4. The molecular formula is C63H98N6O15S. The Balaban J connectivity index is 0.000000357. The lowest BCUT2D eigenvalue weighted by Crippen LogP contribution is -2.51. The molecule has 0 radical (unpaired) electrons. The SMILES string of the molecule is CC(=O)O[C@H]1CC[C@@]2(C)C(=CC[C@H]3[C@@H]4CC[C@H]([C@H](C)CCCC(C)C)[C@@]4(C)CC[C@@H]32)C1.CCCC(=O)NCC(=O)CCC(=O)N(CC(=O)CCCC(=O)CN(CC(=O)OC)C(=O)CCC(=O)CNC(=O)C[C@@H]1SC[C@@H]2NC(=O)N[C@@H]21)CC(=O)OC. The number of allylic oxidation sites excluding steroid dienone is 1. The molecule has 2 saturated heterocycles. The van der Waals surface area contributed by atoms with Crippen LogP contribution in [0.5, 0.6) is 0 Å². The second-order valence-corrected chi connectivity index (χ2v) is 26.8. The lowest BCUT2D eigenvalue weighted by Gasteiger charge is -2.58. The third kappa shape index (κ3) is 20.7. The van der Waals surface area contributed by atoms with E-state index in [4.69, 9.17) is 4.74 Å². The van der Waals surface area contributed by atoms with E-state index < -0.39 is 73.1 Å². The van der Waals surface area contributed by atoms with Crippen LogP contribution >= 0.6 is 11.8 Å². The van der Waals surface area contributed by atoms with Gasteiger partial charge in [-0.2, -0.15) is 11.8 Å². The minimum atomic E-state index is -0.802. The molecular weight excluding hydrogens is 1110 g/mol. The molecule has 21 nitrogen and oxygen atoms in total. The summed E-state index contributed by atoms with van der Waals surface area (Å²) in [5, 5.41) is 10.4. The molecule has 11 atom stereocenters. The first kappa shape index (κ1) is 70.1. The van der Waals surface area contributed by atoms with Gasteiger partial charge in [0.1, 0.15) is 19.2 Å². The molecule has 0 aromatic rings. The third-order valence-corrected chi connectivity index (χ3v) is 20.5. The van der Waals surface area contributed by atoms with Gasteiger partial charge in [-0.3, -0.25) is 52.7 Å². The minimum Gasteiger partial charge on any atom is -0.468 e. The number of thioether (sulfide) groups is 1. The number of nitrogens with one attached hydrogen (secondary N) is 4. The van der Waals surface area contributed by atoms with E-state index in [9.17, 15) is 57.5 Å². The number of esters is 3. The van der Waals surface area contributed by atoms with Crippen molar-refractivity contribution in [1.29, 1.82) is 0 Å². The average molecular weight is 1210 g/mol. The Bertz CT molecular complexity index is 2450.